The number of benzene rings is 1. The van der Waals surface area contributed by atoms with Gasteiger partial charge in [0.25, 0.3) is 0 Å². The second-order valence-corrected chi connectivity index (χ2v) is 4.29. The van der Waals surface area contributed by atoms with E-state index in [4.69, 9.17) is 0 Å². The minimum atomic E-state index is 0.835. The van der Waals surface area contributed by atoms with Gasteiger partial charge in [-0.15, -0.1) is 0 Å². The predicted molar refractivity (Wildman–Crippen MR) is 64.5 cm³/mol. The van der Waals surface area contributed by atoms with E-state index in [9.17, 15) is 0 Å². The van der Waals surface area contributed by atoms with Crippen molar-refractivity contribution >= 4 is 0 Å². The summed E-state index contributed by atoms with van der Waals surface area (Å²) in [7, 11) is 1.94. The van der Waals surface area contributed by atoms with Crippen molar-refractivity contribution in [3.63, 3.8) is 0 Å². The lowest BCUT2D eigenvalue weighted by Gasteiger charge is -2.04. The fourth-order valence-corrected chi connectivity index (χ4v) is 1.81. The van der Waals surface area contributed by atoms with E-state index in [0.717, 1.165) is 18.1 Å². The van der Waals surface area contributed by atoms with Crippen molar-refractivity contribution in [3.8, 4) is 0 Å². The fraction of sp³-hybridized carbons (Fsp3) is 0.385. The molecule has 0 fully saturated rings. The molecule has 0 atom stereocenters. The van der Waals surface area contributed by atoms with Crippen LogP contribution >= 0.6 is 0 Å². The summed E-state index contributed by atoms with van der Waals surface area (Å²) in [6.07, 6.45) is 0.846. The zero-order chi connectivity index (χ0) is 11.7. The summed E-state index contributed by atoms with van der Waals surface area (Å²) in [5.74, 6) is 1.85. The first-order chi connectivity index (χ1) is 7.56. The molecule has 0 bridgehead atoms. The van der Waals surface area contributed by atoms with Crippen LogP contribution in [-0.4, -0.2) is 14.8 Å². The molecule has 0 aliphatic heterocycles. The molecule has 2 aromatic rings. The summed E-state index contributed by atoms with van der Waals surface area (Å²) in [5.41, 5.74) is 3.95. The molecule has 3 heteroatoms. The summed E-state index contributed by atoms with van der Waals surface area (Å²) in [5, 5.41) is 4.25. The Labute approximate surface area is 96.1 Å². The van der Waals surface area contributed by atoms with E-state index in [2.05, 4.69) is 42.1 Å². The van der Waals surface area contributed by atoms with Gasteiger partial charge in [-0.25, -0.2) is 4.98 Å². The topological polar surface area (TPSA) is 30.7 Å². The van der Waals surface area contributed by atoms with Crippen molar-refractivity contribution in [2.24, 2.45) is 7.05 Å². The van der Waals surface area contributed by atoms with Crippen LogP contribution in [-0.2, 0) is 13.5 Å². The highest BCUT2D eigenvalue weighted by Crippen LogP contribution is 2.12. The molecule has 0 aliphatic rings. The quantitative estimate of drug-likeness (QED) is 0.769. The van der Waals surface area contributed by atoms with Gasteiger partial charge in [0, 0.05) is 13.5 Å². The van der Waals surface area contributed by atoms with Crippen molar-refractivity contribution in [1.29, 1.82) is 0 Å². The Balaban J connectivity index is 2.27. The molecule has 84 valence electrons. The Morgan fingerprint density at radius 3 is 2.44 bits per heavy atom. The van der Waals surface area contributed by atoms with Crippen LogP contribution in [0.15, 0.2) is 18.2 Å². The molecular formula is C13H17N3. The average molecular weight is 215 g/mol. The van der Waals surface area contributed by atoms with Gasteiger partial charge >= 0.3 is 0 Å². The van der Waals surface area contributed by atoms with E-state index in [1.54, 1.807) is 0 Å². The number of rotatable bonds is 2. The molecule has 0 radical (unpaired) electrons. The van der Waals surface area contributed by atoms with Crippen molar-refractivity contribution in [1.82, 2.24) is 14.8 Å². The van der Waals surface area contributed by atoms with Gasteiger partial charge in [0.05, 0.1) is 0 Å². The standard InChI is InChI=1S/C13H17N3/c1-9-5-6-12(7-10(9)2)8-13-14-11(3)15-16(13)4/h5-7H,8H2,1-4H3. The van der Waals surface area contributed by atoms with E-state index in [-0.39, 0.29) is 0 Å². The van der Waals surface area contributed by atoms with E-state index >= 15 is 0 Å². The minimum Gasteiger partial charge on any atom is -0.253 e. The second kappa shape index (κ2) is 4.08. The fourth-order valence-electron chi connectivity index (χ4n) is 1.81. The summed E-state index contributed by atoms with van der Waals surface area (Å²) in [6.45, 7) is 6.19. The average Bonchev–Trinajstić information content (AvgIpc) is 2.51. The van der Waals surface area contributed by atoms with Gasteiger partial charge in [-0.1, -0.05) is 18.2 Å². The molecule has 0 N–H and O–H groups in total. The van der Waals surface area contributed by atoms with E-state index < -0.39 is 0 Å². The van der Waals surface area contributed by atoms with Crippen LogP contribution in [0.2, 0.25) is 0 Å². The summed E-state index contributed by atoms with van der Waals surface area (Å²) >= 11 is 0. The maximum Gasteiger partial charge on any atom is 0.147 e. The molecule has 0 saturated carbocycles. The summed E-state index contributed by atoms with van der Waals surface area (Å²) < 4.78 is 1.85. The monoisotopic (exact) mass is 215 g/mol. The molecule has 0 unspecified atom stereocenters. The van der Waals surface area contributed by atoms with Gasteiger partial charge in [-0.05, 0) is 37.5 Å². The first-order valence-electron chi connectivity index (χ1n) is 5.49. The Hall–Kier alpha value is -1.64. The number of aromatic nitrogens is 3. The van der Waals surface area contributed by atoms with Gasteiger partial charge in [0.1, 0.15) is 11.6 Å². The first kappa shape index (κ1) is 10.9. The molecule has 0 spiro atoms. The molecule has 0 amide bonds. The highest BCUT2D eigenvalue weighted by Gasteiger charge is 2.05. The normalized spacial score (nSPS) is 10.8. The molecule has 2 rings (SSSR count). The third-order valence-electron chi connectivity index (χ3n) is 2.89. The van der Waals surface area contributed by atoms with Gasteiger partial charge in [-0.3, -0.25) is 4.68 Å². The zero-order valence-corrected chi connectivity index (χ0v) is 10.3. The molecule has 0 saturated heterocycles. The maximum absolute atomic E-state index is 4.41. The maximum atomic E-state index is 4.41. The van der Waals surface area contributed by atoms with Gasteiger partial charge in [0.2, 0.25) is 0 Å². The third kappa shape index (κ3) is 2.13. The lowest BCUT2D eigenvalue weighted by Crippen LogP contribution is -2.00. The van der Waals surface area contributed by atoms with Crippen LogP contribution in [0, 0.1) is 20.8 Å². The third-order valence-corrected chi connectivity index (χ3v) is 2.89. The van der Waals surface area contributed by atoms with Crippen molar-refractivity contribution in [2.75, 3.05) is 0 Å². The van der Waals surface area contributed by atoms with E-state index in [1.165, 1.54) is 16.7 Å². The number of aryl methyl sites for hydroxylation is 4. The molecule has 16 heavy (non-hydrogen) atoms. The van der Waals surface area contributed by atoms with Gasteiger partial charge < -0.3 is 0 Å². The van der Waals surface area contributed by atoms with Crippen LogP contribution in [0.1, 0.15) is 28.3 Å². The Bertz CT molecular complexity index is 512. The summed E-state index contributed by atoms with van der Waals surface area (Å²) in [6, 6.07) is 6.54. The molecule has 0 aliphatic carbocycles. The van der Waals surface area contributed by atoms with Gasteiger partial charge in [-0.2, -0.15) is 5.10 Å². The van der Waals surface area contributed by atoms with Crippen molar-refractivity contribution in [2.45, 2.75) is 27.2 Å². The van der Waals surface area contributed by atoms with Crippen LogP contribution in [0.4, 0.5) is 0 Å². The van der Waals surface area contributed by atoms with E-state index in [0.29, 0.717) is 0 Å². The first-order valence-corrected chi connectivity index (χ1v) is 5.49. The Kier molecular flexibility index (Phi) is 2.77. The van der Waals surface area contributed by atoms with Crippen LogP contribution in [0.25, 0.3) is 0 Å². The number of nitrogens with zero attached hydrogens (tertiary/aromatic N) is 3. The highest BCUT2D eigenvalue weighted by molar-refractivity contribution is 5.31. The highest BCUT2D eigenvalue weighted by atomic mass is 15.3. The molecule has 1 heterocycles. The SMILES string of the molecule is Cc1nc(Cc2ccc(C)c(C)c2)n(C)n1. The number of hydrogen-bond acceptors (Lipinski definition) is 2. The predicted octanol–water partition coefficient (Wildman–Crippen LogP) is 2.33. The molecule has 1 aromatic carbocycles. The van der Waals surface area contributed by atoms with Crippen LogP contribution in [0.5, 0.6) is 0 Å². The second-order valence-electron chi connectivity index (χ2n) is 4.29. The van der Waals surface area contributed by atoms with Crippen molar-refractivity contribution < 1.29 is 0 Å². The molecule has 1 aromatic heterocycles. The smallest absolute Gasteiger partial charge is 0.147 e. The molecule has 3 nitrogen and oxygen atoms in total. The summed E-state index contributed by atoms with van der Waals surface area (Å²) in [4.78, 5) is 4.41. The molecular weight excluding hydrogens is 198 g/mol. The van der Waals surface area contributed by atoms with Crippen LogP contribution < -0.4 is 0 Å². The zero-order valence-electron chi connectivity index (χ0n) is 10.3. The van der Waals surface area contributed by atoms with Crippen LogP contribution in [0.3, 0.4) is 0 Å². The van der Waals surface area contributed by atoms with Crippen molar-refractivity contribution in [3.05, 3.63) is 46.5 Å². The van der Waals surface area contributed by atoms with E-state index in [1.807, 2.05) is 18.7 Å². The van der Waals surface area contributed by atoms with Gasteiger partial charge in [0.15, 0.2) is 0 Å². The number of hydrogen-bond donors (Lipinski definition) is 0. The Morgan fingerprint density at radius 1 is 1.12 bits per heavy atom. The minimum absolute atomic E-state index is 0.835. The lowest BCUT2D eigenvalue weighted by atomic mass is 10.0. The Morgan fingerprint density at radius 2 is 1.88 bits per heavy atom. The lowest BCUT2D eigenvalue weighted by molar-refractivity contribution is 0.711. The largest absolute Gasteiger partial charge is 0.253 e.